The highest BCUT2D eigenvalue weighted by Gasteiger charge is 2.23. The van der Waals surface area contributed by atoms with Crippen molar-refractivity contribution in [2.75, 3.05) is 33.0 Å². The monoisotopic (exact) mass is 463 g/mol. The molecule has 0 unspecified atom stereocenters. The minimum Gasteiger partial charge on any atom is -0.493 e. The summed E-state index contributed by atoms with van der Waals surface area (Å²) in [6.07, 6.45) is 3.21. The number of furan rings is 1. The van der Waals surface area contributed by atoms with E-state index in [9.17, 15) is 0 Å². The fourth-order valence-corrected chi connectivity index (χ4v) is 4.60. The van der Waals surface area contributed by atoms with Gasteiger partial charge < -0.3 is 28.3 Å². The molecule has 2 N–H and O–H groups in total. The zero-order valence-electron chi connectivity index (χ0n) is 19.3. The van der Waals surface area contributed by atoms with Crippen LogP contribution in [0.2, 0.25) is 0 Å². The summed E-state index contributed by atoms with van der Waals surface area (Å²) in [5.41, 5.74) is 1.98. The van der Waals surface area contributed by atoms with E-state index in [0.717, 1.165) is 61.5 Å². The number of ether oxygens (including phenoxy) is 4. The van der Waals surface area contributed by atoms with Crippen molar-refractivity contribution in [1.29, 1.82) is 10.8 Å². The first-order chi connectivity index (χ1) is 16.6. The first kappa shape index (κ1) is 22.3. The highest BCUT2D eigenvalue weighted by Crippen LogP contribution is 2.37. The molecule has 3 aromatic rings. The average molecular weight is 464 g/mol. The normalized spacial score (nSPS) is 16.0. The third-order valence-electron chi connectivity index (χ3n) is 6.33. The van der Waals surface area contributed by atoms with E-state index in [1.54, 1.807) is 6.07 Å². The molecule has 3 heterocycles. The van der Waals surface area contributed by atoms with Gasteiger partial charge >= 0.3 is 0 Å². The van der Waals surface area contributed by atoms with Gasteiger partial charge in [-0.2, -0.15) is 0 Å². The van der Waals surface area contributed by atoms with Crippen molar-refractivity contribution in [3.8, 4) is 17.2 Å². The number of likely N-dealkylation sites (tertiary alicyclic amines) is 1. The Morgan fingerprint density at radius 2 is 1.88 bits per heavy atom. The number of hydrogen-bond donors (Lipinski definition) is 2. The highest BCUT2D eigenvalue weighted by molar-refractivity contribution is 6.00. The minimum absolute atomic E-state index is 0.0538. The van der Waals surface area contributed by atoms with Gasteiger partial charge in [-0.15, -0.1) is 0 Å². The molecule has 1 fully saturated rings. The van der Waals surface area contributed by atoms with E-state index < -0.39 is 0 Å². The van der Waals surface area contributed by atoms with E-state index in [-0.39, 0.29) is 17.6 Å². The van der Waals surface area contributed by atoms with Gasteiger partial charge in [0.05, 0.1) is 12.0 Å². The fourth-order valence-electron chi connectivity index (χ4n) is 4.60. The SMILES string of the molecule is CC(=N)OC(=N)c1cc2c(OCCCN3CCC(c4ccc5c(c4)OCO5)CC3)cccc2o1. The lowest BCUT2D eigenvalue weighted by atomic mass is 9.89. The number of nitrogens with one attached hydrogen (secondary N) is 2. The fraction of sp³-hybridized carbons (Fsp3) is 0.385. The van der Waals surface area contributed by atoms with Crippen molar-refractivity contribution in [3.63, 3.8) is 0 Å². The molecule has 0 spiro atoms. The maximum Gasteiger partial charge on any atom is 0.256 e. The summed E-state index contributed by atoms with van der Waals surface area (Å²) >= 11 is 0. The maximum atomic E-state index is 7.93. The zero-order chi connectivity index (χ0) is 23.5. The second-order valence-electron chi connectivity index (χ2n) is 8.70. The van der Waals surface area contributed by atoms with Crippen LogP contribution in [-0.2, 0) is 4.74 Å². The molecule has 2 aromatic carbocycles. The molecule has 2 aliphatic rings. The molecule has 1 aromatic heterocycles. The lowest BCUT2D eigenvalue weighted by Gasteiger charge is -2.32. The number of rotatable bonds is 7. The van der Waals surface area contributed by atoms with Crippen LogP contribution >= 0.6 is 0 Å². The number of fused-ring (bicyclic) bond motifs is 2. The molecule has 0 atom stereocenters. The van der Waals surface area contributed by atoms with Crippen LogP contribution < -0.4 is 14.2 Å². The molecular formula is C26H29N3O5. The predicted octanol–water partition coefficient (Wildman–Crippen LogP) is 5.15. The summed E-state index contributed by atoms with van der Waals surface area (Å²) in [7, 11) is 0. The third kappa shape index (κ3) is 4.87. The Kier molecular flexibility index (Phi) is 6.40. The molecule has 5 rings (SSSR count). The van der Waals surface area contributed by atoms with E-state index in [1.165, 1.54) is 12.5 Å². The van der Waals surface area contributed by atoms with E-state index >= 15 is 0 Å². The number of nitrogens with zero attached hydrogens (tertiary/aromatic N) is 1. The van der Waals surface area contributed by atoms with E-state index in [2.05, 4.69) is 17.0 Å². The van der Waals surface area contributed by atoms with Crippen molar-refractivity contribution in [2.24, 2.45) is 0 Å². The number of benzene rings is 2. The van der Waals surface area contributed by atoms with Crippen molar-refractivity contribution >= 4 is 22.8 Å². The highest BCUT2D eigenvalue weighted by atomic mass is 16.7. The molecule has 1 saturated heterocycles. The summed E-state index contributed by atoms with van der Waals surface area (Å²) < 4.78 is 27.7. The van der Waals surface area contributed by atoms with Crippen LogP contribution in [0.5, 0.6) is 17.2 Å². The Bertz CT molecular complexity index is 1200. The molecule has 8 nitrogen and oxygen atoms in total. The topological polar surface area (TPSA) is 101 Å². The number of piperidine rings is 1. The summed E-state index contributed by atoms with van der Waals surface area (Å²) in [5.74, 6) is 3.05. The first-order valence-corrected chi connectivity index (χ1v) is 11.7. The zero-order valence-corrected chi connectivity index (χ0v) is 19.3. The van der Waals surface area contributed by atoms with Gasteiger partial charge in [-0.25, -0.2) is 0 Å². The number of hydrogen-bond acceptors (Lipinski definition) is 8. The molecular weight excluding hydrogens is 434 g/mol. The van der Waals surface area contributed by atoms with Gasteiger partial charge in [0.15, 0.2) is 23.2 Å². The Morgan fingerprint density at radius 1 is 1.06 bits per heavy atom. The van der Waals surface area contributed by atoms with Crippen LogP contribution in [-0.4, -0.2) is 49.7 Å². The molecule has 0 bridgehead atoms. The van der Waals surface area contributed by atoms with Crippen LogP contribution in [0.4, 0.5) is 0 Å². The van der Waals surface area contributed by atoms with Gasteiger partial charge in [0, 0.05) is 19.5 Å². The smallest absolute Gasteiger partial charge is 0.256 e. The summed E-state index contributed by atoms with van der Waals surface area (Å²) in [5, 5.41) is 16.1. The molecule has 8 heteroatoms. The van der Waals surface area contributed by atoms with Crippen LogP contribution in [0.25, 0.3) is 11.0 Å². The second kappa shape index (κ2) is 9.77. The summed E-state index contributed by atoms with van der Waals surface area (Å²) in [6.45, 7) is 5.55. The first-order valence-electron chi connectivity index (χ1n) is 11.7. The Balaban J connectivity index is 1.09. The maximum absolute atomic E-state index is 7.93. The Labute approximate surface area is 198 Å². The predicted molar refractivity (Wildman–Crippen MR) is 129 cm³/mol. The molecule has 0 saturated carbocycles. The quantitative estimate of drug-likeness (QED) is 0.286. The van der Waals surface area contributed by atoms with Crippen molar-refractivity contribution in [3.05, 3.63) is 53.8 Å². The lowest BCUT2D eigenvalue weighted by molar-refractivity contribution is 0.173. The van der Waals surface area contributed by atoms with Crippen LogP contribution in [0.3, 0.4) is 0 Å². The molecule has 0 aliphatic carbocycles. The van der Waals surface area contributed by atoms with Crippen molar-refractivity contribution in [2.45, 2.75) is 32.1 Å². The summed E-state index contributed by atoms with van der Waals surface area (Å²) in [4.78, 5) is 2.50. The Hall–Kier alpha value is -3.52. The van der Waals surface area contributed by atoms with Gasteiger partial charge in [-0.05, 0) is 68.1 Å². The van der Waals surface area contributed by atoms with Gasteiger partial charge in [0.25, 0.3) is 5.90 Å². The average Bonchev–Trinajstić information content (AvgIpc) is 3.49. The van der Waals surface area contributed by atoms with Crippen molar-refractivity contribution in [1.82, 2.24) is 4.90 Å². The molecule has 0 amide bonds. The molecule has 178 valence electrons. The van der Waals surface area contributed by atoms with Gasteiger partial charge in [0.1, 0.15) is 11.3 Å². The minimum atomic E-state index is -0.182. The summed E-state index contributed by atoms with van der Waals surface area (Å²) in [6, 6.07) is 13.7. The molecule has 0 radical (unpaired) electrons. The van der Waals surface area contributed by atoms with Gasteiger partial charge in [-0.3, -0.25) is 10.8 Å². The molecule has 34 heavy (non-hydrogen) atoms. The van der Waals surface area contributed by atoms with Crippen molar-refractivity contribution < 1.29 is 23.4 Å². The van der Waals surface area contributed by atoms with E-state index in [0.29, 0.717) is 24.9 Å². The van der Waals surface area contributed by atoms with E-state index in [1.807, 2.05) is 24.3 Å². The molecule has 2 aliphatic heterocycles. The standard InChI is InChI=1S/C26H29N3O5/c1-17(27)33-26(28)25-15-20-21(4-2-5-22(20)34-25)30-13-3-10-29-11-8-18(9-12-29)19-6-7-23-24(14-19)32-16-31-23/h2,4-7,14-15,18,27-28H,3,8-13,16H2,1H3. The van der Waals surface area contributed by atoms with Crippen LogP contribution in [0.1, 0.15) is 43.4 Å². The van der Waals surface area contributed by atoms with Gasteiger partial charge in [0.2, 0.25) is 6.79 Å². The largest absolute Gasteiger partial charge is 0.493 e. The second-order valence-corrected chi connectivity index (χ2v) is 8.70. The van der Waals surface area contributed by atoms with E-state index in [4.69, 9.17) is 34.2 Å². The Morgan fingerprint density at radius 3 is 2.71 bits per heavy atom. The van der Waals surface area contributed by atoms with Crippen LogP contribution in [0.15, 0.2) is 46.9 Å². The lowest BCUT2D eigenvalue weighted by Crippen LogP contribution is -2.34. The van der Waals surface area contributed by atoms with Gasteiger partial charge in [-0.1, -0.05) is 12.1 Å². The third-order valence-corrected chi connectivity index (χ3v) is 6.33. The van der Waals surface area contributed by atoms with Crippen LogP contribution in [0, 0.1) is 10.8 Å².